The molecule has 2 saturated heterocycles. The molecule has 3 N–H and O–H groups in total. The van der Waals surface area contributed by atoms with Crippen molar-refractivity contribution in [2.45, 2.75) is 38.5 Å². The number of benzene rings is 1. The number of rotatable bonds is 5. The zero-order chi connectivity index (χ0) is 27.0. The van der Waals surface area contributed by atoms with Crippen LogP contribution in [0.15, 0.2) is 52.1 Å². The van der Waals surface area contributed by atoms with Gasteiger partial charge >= 0.3 is 0 Å². The van der Waals surface area contributed by atoms with Gasteiger partial charge in [0.2, 0.25) is 17.8 Å². The number of ether oxygens (including phenoxy) is 1. The lowest BCUT2D eigenvalue weighted by Gasteiger charge is -2.23. The smallest absolute Gasteiger partial charge is 0.293 e. The Kier molecular flexibility index (Phi) is 12.3. The molecule has 0 unspecified atom stereocenters. The van der Waals surface area contributed by atoms with E-state index >= 15 is 0 Å². The van der Waals surface area contributed by atoms with E-state index in [1.807, 2.05) is 4.90 Å². The maximum atomic E-state index is 11.9. The van der Waals surface area contributed by atoms with Crippen LogP contribution in [0.5, 0.6) is 5.75 Å². The summed E-state index contributed by atoms with van der Waals surface area (Å²) in [6.07, 6.45) is 15.4. The van der Waals surface area contributed by atoms with Gasteiger partial charge in [-0.2, -0.15) is 0 Å². The quantitative estimate of drug-likeness (QED) is 0.362. The van der Waals surface area contributed by atoms with Gasteiger partial charge in [-0.3, -0.25) is 19.7 Å². The highest BCUT2D eigenvalue weighted by Crippen LogP contribution is 2.17. The minimum atomic E-state index is -0.445. The number of carbonyl (C=O) groups is 3. The predicted octanol–water partition coefficient (Wildman–Crippen LogP) is 2.93. The molecule has 3 heterocycles. The van der Waals surface area contributed by atoms with Crippen LogP contribution < -0.4 is 15.8 Å². The summed E-state index contributed by atoms with van der Waals surface area (Å²) in [5.41, 5.74) is 6.24. The number of nitrogens with one attached hydrogen (secondary N) is 1. The summed E-state index contributed by atoms with van der Waals surface area (Å²) in [6, 6.07) is 10.1. The summed E-state index contributed by atoms with van der Waals surface area (Å²) in [5.74, 6) is 0.731. The van der Waals surface area contributed by atoms with E-state index in [-0.39, 0.29) is 23.5 Å². The fourth-order valence-electron chi connectivity index (χ4n) is 3.84. The van der Waals surface area contributed by atoms with Crippen molar-refractivity contribution in [3.63, 3.8) is 0 Å². The van der Waals surface area contributed by atoms with Crippen LogP contribution in [-0.2, 0) is 9.59 Å². The van der Waals surface area contributed by atoms with Crippen LogP contribution in [0.4, 0.5) is 5.69 Å². The normalized spacial score (nSPS) is 15.4. The Morgan fingerprint density at radius 2 is 1.73 bits per heavy atom. The molecule has 0 atom stereocenters. The molecule has 4 rings (SSSR count). The van der Waals surface area contributed by atoms with Gasteiger partial charge in [0, 0.05) is 26.1 Å². The zero-order valence-corrected chi connectivity index (χ0v) is 21.2. The van der Waals surface area contributed by atoms with E-state index in [1.54, 1.807) is 42.3 Å². The summed E-state index contributed by atoms with van der Waals surface area (Å²) < 4.78 is 9.96. The molecule has 37 heavy (non-hydrogen) atoms. The van der Waals surface area contributed by atoms with E-state index in [0.29, 0.717) is 18.7 Å². The second kappa shape index (κ2) is 15.7. The first-order valence-electron chi connectivity index (χ1n) is 12.2. The standard InChI is InChI=1S/C13H13N3O3.C12H20N2O2.C2H2/c1-18-10-6-4-9(5-7-10)15-13(14)16-12(17)11-3-2-8-19-11;15-11-6-2-1-3-9-14(11)10-12(16)13-7-4-5-8-13;1-2/h2-8H,1H3,(H3,14,15,16,17);1-10H2;1-2H. The fourth-order valence-corrected chi connectivity index (χ4v) is 3.84. The second-order valence-electron chi connectivity index (χ2n) is 8.34. The number of hydrogen-bond donors (Lipinski definition) is 2. The third-order valence-electron chi connectivity index (χ3n) is 5.76. The van der Waals surface area contributed by atoms with Crippen LogP contribution >= 0.6 is 0 Å². The Balaban J connectivity index is 0.000000247. The molecule has 0 aliphatic carbocycles. The van der Waals surface area contributed by atoms with Crippen LogP contribution in [0, 0.1) is 12.8 Å². The second-order valence-corrected chi connectivity index (χ2v) is 8.34. The van der Waals surface area contributed by atoms with Crippen molar-refractivity contribution in [1.82, 2.24) is 15.1 Å². The largest absolute Gasteiger partial charge is 0.497 e. The molecule has 2 aliphatic heterocycles. The van der Waals surface area contributed by atoms with Crippen LogP contribution in [0.3, 0.4) is 0 Å². The molecular formula is C27H35N5O5. The van der Waals surface area contributed by atoms with Gasteiger partial charge in [-0.1, -0.05) is 6.42 Å². The zero-order valence-electron chi connectivity index (χ0n) is 21.2. The maximum absolute atomic E-state index is 11.9. The van der Waals surface area contributed by atoms with Crippen molar-refractivity contribution in [2.75, 3.05) is 33.3 Å². The van der Waals surface area contributed by atoms with Crippen molar-refractivity contribution < 1.29 is 23.5 Å². The van der Waals surface area contributed by atoms with Crippen molar-refractivity contribution in [1.29, 1.82) is 0 Å². The maximum Gasteiger partial charge on any atom is 0.293 e. The number of methoxy groups -OCH3 is 1. The Morgan fingerprint density at radius 1 is 1.05 bits per heavy atom. The summed E-state index contributed by atoms with van der Waals surface area (Å²) in [7, 11) is 1.58. The Bertz CT molecular complexity index is 1040. The number of carbonyl (C=O) groups excluding carboxylic acids is 3. The Morgan fingerprint density at radius 3 is 2.35 bits per heavy atom. The van der Waals surface area contributed by atoms with Gasteiger partial charge in [-0.15, -0.1) is 12.8 Å². The van der Waals surface area contributed by atoms with Gasteiger partial charge in [0.05, 0.1) is 25.6 Å². The number of amides is 3. The van der Waals surface area contributed by atoms with Crippen molar-refractivity contribution in [3.8, 4) is 18.6 Å². The van der Waals surface area contributed by atoms with Gasteiger partial charge in [0.1, 0.15) is 5.75 Å². The average Bonchev–Trinajstić information content (AvgIpc) is 3.62. The van der Waals surface area contributed by atoms with Gasteiger partial charge in [0.15, 0.2) is 5.76 Å². The third-order valence-corrected chi connectivity index (χ3v) is 5.76. The summed E-state index contributed by atoms with van der Waals surface area (Å²) in [5, 5.41) is 2.42. The molecule has 0 radical (unpaired) electrons. The fraction of sp³-hybridized carbons (Fsp3) is 0.407. The van der Waals surface area contributed by atoms with Gasteiger partial charge in [0.25, 0.3) is 5.91 Å². The monoisotopic (exact) mass is 509 g/mol. The topological polar surface area (TPSA) is 130 Å². The first-order valence-corrected chi connectivity index (χ1v) is 12.2. The van der Waals surface area contributed by atoms with E-state index < -0.39 is 5.91 Å². The number of nitrogens with zero attached hydrogens (tertiary/aromatic N) is 3. The predicted molar refractivity (Wildman–Crippen MR) is 141 cm³/mol. The number of terminal acetylenes is 1. The number of likely N-dealkylation sites (tertiary alicyclic amines) is 2. The lowest BCUT2D eigenvalue weighted by atomic mass is 10.2. The van der Waals surface area contributed by atoms with Crippen molar-refractivity contribution in [2.24, 2.45) is 10.7 Å². The molecule has 1 aromatic carbocycles. The molecule has 198 valence electrons. The highest BCUT2D eigenvalue weighted by Gasteiger charge is 2.23. The number of guanidine groups is 1. The Hall–Kier alpha value is -4.26. The highest BCUT2D eigenvalue weighted by molar-refractivity contribution is 6.04. The SMILES string of the molecule is C#C.COc1ccc(N=C(N)NC(=O)c2ccco2)cc1.O=C(CN1CCCCCC1=O)N1CCCC1. The van der Waals surface area contributed by atoms with Crippen LogP contribution in [0.2, 0.25) is 0 Å². The van der Waals surface area contributed by atoms with Gasteiger partial charge < -0.3 is 24.7 Å². The molecule has 10 heteroatoms. The molecule has 2 aromatic rings. The minimum Gasteiger partial charge on any atom is -0.497 e. The molecule has 0 bridgehead atoms. The van der Waals surface area contributed by atoms with E-state index in [9.17, 15) is 14.4 Å². The highest BCUT2D eigenvalue weighted by atomic mass is 16.5. The molecular weight excluding hydrogens is 474 g/mol. The number of hydrogen-bond acceptors (Lipinski definition) is 6. The molecule has 3 amide bonds. The summed E-state index contributed by atoms with van der Waals surface area (Å²) in [4.78, 5) is 42.9. The minimum absolute atomic E-state index is 0.00781. The van der Waals surface area contributed by atoms with Gasteiger partial charge in [-0.05, 0) is 62.1 Å². The Labute approximate surface area is 217 Å². The summed E-state index contributed by atoms with van der Waals surface area (Å²) >= 11 is 0. The molecule has 0 saturated carbocycles. The van der Waals surface area contributed by atoms with Crippen LogP contribution in [0.25, 0.3) is 0 Å². The molecule has 2 aliphatic rings. The first-order chi connectivity index (χ1) is 18.0. The molecule has 2 fully saturated rings. The van der Waals surface area contributed by atoms with Crippen LogP contribution in [-0.4, -0.2) is 66.8 Å². The van der Waals surface area contributed by atoms with E-state index in [0.717, 1.165) is 57.5 Å². The van der Waals surface area contributed by atoms with Crippen molar-refractivity contribution >= 4 is 29.4 Å². The number of furan rings is 1. The first kappa shape index (κ1) is 29.0. The van der Waals surface area contributed by atoms with Crippen LogP contribution in [0.1, 0.15) is 49.1 Å². The van der Waals surface area contributed by atoms with Crippen molar-refractivity contribution in [3.05, 3.63) is 48.4 Å². The molecule has 0 spiro atoms. The van der Waals surface area contributed by atoms with Gasteiger partial charge in [-0.25, -0.2) is 4.99 Å². The lowest BCUT2D eigenvalue weighted by Crippen LogP contribution is -2.41. The molecule has 1 aromatic heterocycles. The number of nitrogens with two attached hydrogens (primary N) is 1. The summed E-state index contributed by atoms with van der Waals surface area (Å²) in [6.45, 7) is 2.82. The molecule has 10 nitrogen and oxygen atoms in total. The average molecular weight is 510 g/mol. The van der Waals surface area contributed by atoms with E-state index in [2.05, 4.69) is 23.2 Å². The van der Waals surface area contributed by atoms with E-state index in [1.165, 1.54) is 12.3 Å². The van der Waals surface area contributed by atoms with E-state index in [4.69, 9.17) is 14.9 Å². The number of aliphatic imine (C=N–C) groups is 1. The lowest BCUT2D eigenvalue weighted by molar-refractivity contribution is -0.139. The third kappa shape index (κ3) is 9.72.